The van der Waals surface area contributed by atoms with Gasteiger partial charge in [0.1, 0.15) is 0 Å². The highest BCUT2D eigenvalue weighted by Gasteiger charge is 2.54. The average Bonchev–Trinajstić information content (AvgIpc) is 3.32. The van der Waals surface area contributed by atoms with Gasteiger partial charge in [0.25, 0.3) is 0 Å². The zero-order valence-electron chi connectivity index (χ0n) is 17.4. The molecule has 29 heavy (non-hydrogen) atoms. The van der Waals surface area contributed by atoms with Crippen molar-refractivity contribution in [2.75, 3.05) is 0 Å². The third kappa shape index (κ3) is 4.61. The monoisotopic (exact) mass is 419 g/mol. The van der Waals surface area contributed by atoms with Crippen molar-refractivity contribution in [3.05, 3.63) is 35.4 Å². The van der Waals surface area contributed by atoms with Crippen molar-refractivity contribution >= 4 is 16.1 Å². The predicted octanol–water partition coefficient (Wildman–Crippen LogP) is 3.14. The van der Waals surface area contributed by atoms with Crippen LogP contribution in [-0.2, 0) is 22.3 Å². The Morgan fingerprint density at radius 3 is 2.55 bits per heavy atom. The first kappa shape index (κ1) is 20.7. The maximum atomic E-state index is 12.5. The van der Waals surface area contributed by atoms with Gasteiger partial charge in [-0.3, -0.25) is 0 Å². The summed E-state index contributed by atoms with van der Waals surface area (Å²) in [6, 6.07) is 7.40. The van der Waals surface area contributed by atoms with Crippen molar-refractivity contribution in [3.8, 4) is 0 Å². The molecule has 2 bridgehead atoms. The van der Waals surface area contributed by atoms with E-state index >= 15 is 0 Å². The molecule has 3 aliphatic rings. The molecule has 0 unspecified atom stereocenters. The third-order valence-corrected chi connectivity index (χ3v) is 8.59. The van der Waals surface area contributed by atoms with Gasteiger partial charge in [-0.1, -0.05) is 30.7 Å². The first-order chi connectivity index (χ1) is 13.8. The Labute approximate surface area is 174 Å². The van der Waals surface area contributed by atoms with Gasteiger partial charge in [-0.05, 0) is 74.3 Å². The van der Waals surface area contributed by atoms with Gasteiger partial charge in [0, 0.05) is 18.6 Å². The lowest BCUT2D eigenvalue weighted by Crippen LogP contribution is -2.46. The lowest BCUT2D eigenvalue weighted by Gasteiger charge is -2.32. The summed E-state index contributed by atoms with van der Waals surface area (Å²) in [4.78, 5) is 12.5. The Hall–Kier alpha value is -1.60. The van der Waals surface area contributed by atoms with Crippen LogP contribution in [0.15, 0.2) is 24.3 Å². The predicted molar refractivity (Wildman–Crippen MR) is 114 cm³/mol. The van der Waals surface area contributed by atoms with Crippen molar-refractivity contribution in [2.24, 2.45) is 23.7 Å². The molecule has 0 heterocycles. The van der Waals surface area contributed by atoms with Crippen LogP contribution in [0.5, 0.6) is 0 Å². The highest BCUT2D eigenvalue weighted by atomic mass is 32.2. The summed E-state index contributed by atoms with van der Waals surface area (Å²) in [5.74, 6) is 3.10. The highest BCUT2D eigenvalue weighted by molar-refractivity contribution is 7.88. The molecule has 3 fully saturated rings. The van der Waals surface area contributed by atoms with Crippen LogP contribution in [0.2, 0.25) is 0 Å². The van der Waals surface area contributed by atoms with Crippen LogP contribution in [-0.4, -0.2) is 26.5 Å². The molecule has 2 amide bonds. The number of hydrogen-bond donors (Lipinski definition) is 3. The summed E-state index contributed by atoms with van der Waals surface area (Å²) < 4.78 is 27.2. The fourth-order valence-corrected chi connectivity index (χ4v) is 7.60. The summed E-state index contributed by atoms with van der Waals surface area (Å²) in [5.41, 5.74) is 1.55. The van der Waals surface area contributed by atoms with E-state index < -0.39 is 10.0 Å². The molecule has 0 saturated heterocycles. The minimum Gasteiger partial charge on any atom is -0.335 e. The molecule has 160 valence electrons. The van der Waals surface area contributed by atoms with Crippen molar-refractivity contribution < 1.29 is 13.2 Å². The van der Waals surface area contributed by atoms with Crippen molar-refractivity contribution in [1.29, 1.82) is 0 Å². The lowest BCUT2D eigenvalue weighted by atomic mass is 9.79. The summed E-state index contributed by atoms with van der Waals surface area (Å²) >= 11 is 0. The van der Waals surface area contributed by atoms with Gasteiger partial charge in [-0.2, -0.15) is 0 Å². The Bertz CT molecular complexity index is 855. The molecule has 3 aliphatic carbocycles. The summed E-state index contributed by atoms with van der Waals surface area (Å²) in [7, 11) is -3.41. The summed E-state index contributed by atoms with van der Waals surface area (Å²) in [5, 5.41) is 6.15. The molecule has 4 rings (SSSR count). The first-order valence-corrected chi connectivity index (χ1v) is 12.6. The van der Waals surface area contributed by atoms with Gasteiger partial charge >= 0.3 is 6.03 Å². The number of rotatable bonds is 7. The molecule has 1 aromatic carbocycles. The maximum absolute atomic E-state index is 12.5. The molecule has 6 nitrogen and oxygen atoms in total. The normalized spacial score (nSPS) is 30.5. The fraction of sp³-hybridized carbons (Fsp3) is 0.682. The van der Waals surface area contributed by atoms with Gasteiger partial charge in [0.15, 0.2) is 0 Å². The fourth-order valence-electron chi connectivity index (χ4n) is 6.11. The second-order valence-corrected chi connectivity index (χ2v) is 11.1. The van der Waals surface area contributed by atoms with Gasteiger partial charge in [0.05, 0.1) is 5.75 Å². The van der Waals surface area contributed by atoms with E-state index in [-0.39, 0.29) is 17.8 Å². The Morgan fingerprint density at radius 2 is 1.79 bits per heavy atom. The zero-order valence-corrected chi connectivity index (χ0v) is 18.2. The number of carbonyl (C=O) groups is 1. The largest absolute Gasteiger partial charge is 0.335 e. The summed E-state index contributed by atoms with van der Waals surface area (Å²) in [6.45, 7) is 3.93. The number of urea groups is 1. The van der Waals surface area contributed by atoms with Gasteiger partial charge in [-0.25, -0.2) is 17.9 Å². The number of nitrogens with one attached hydrogen (secondary N) is 3. The van der Waals surface area contributed by atoms with E-state index in [9.17, 15) is 13.2 Å². The van der Waals surface area contributed by atoms with Crippen molar-refractivity contribution in [2.45, 2.75) is 70.3 Å². The van der Waals surface area contributed by atoms with Crippen LogP contribution in [0.4, 0.5) is 4.79 Å². The highest BCUT2D eigenvalue weighted by Crippen LogP contribution is 2.58. The number of benzene rings is 1. The Morgan fingerprint density at radius 1 is 1.07 bits per heavy atom. The molecule has 0 radical (unpaired) electrons. The topological polar surface area (TPSA) is 87.3 Å². The summed E-state index contributed by atoms with van der Waals surface area (Å²) in [6.07, 6.45) is 6.47. The molecule has 7 heteroatoms. The minimum absolute atomic E-state index is 0.0832. The van der Waals surface area contributed by atoms with Crippen LogP contribution in [0.1, 0.15) is 57.1 Å². The van der Waals surface area contributed by atoms with Crippen LogP contribution < -0.4 is 15.4 Å². The molecular formula is C22H33N3O3S. The minimum atomic E-state index is -3.41. The van der Waals surface area contributed by atoms with Gasteiger partial charge in [-0.15, -0.1) is 0 Å². The van der Waals surface area contributed by atoms with Crippen molar-refractivity contribution in [3.63, 3.8) is 0 Å². The second kappa shape index (κ2) is 8.26. The average molecular weight is 420 g/mol. The molecule has 0 aromatic heterocycles. The molecular weight excluding hydrogens is 386 g/mol. The van der Waals surface area contributed by atoms with Gasteiger partial charge in [0.2, 0.25) is 10.0 Å². The SMILES string of the molecule is CC(C)NS(=O)(=O)Cc1ccccc1CNC(=O)N[C@@H]1C[C@H]2C[C@H]1[C@H]1CCC[C@@H]21. The van der Waals surface area contributed by atoms with Crippen LogP contribution in [0.25, 0.3) is 0 Å². The Kier molecular flexibility index (Phi) is 5.89. The number of hydrogen-bond acceptors (Lipinski definition) is 3. The van der Waals surface area contributed by atoms with E-state index in [1.165, 1.54) is 25.7 Å². The van der Waals surface area contributed by atoms with E-state index in [2.05, 4.69) is 15.4 Å². The van der Waals surface area contributed by atoms with Crippen molar-refractivity contribution in [1.82, 2.24) is 15.4 Å². The lowest BCUT2D eigenvalue weighted by molar-refractivity contribution is 0.197. The maximum Gasteiger partial charge on any atom is 0.315 e. The van der Waals surface area contributed by atoms with Gasteiger partial charge < -0.3 is 10.6 Å². The van der Waals surface area contributed by atoms with E-state index in [1.807, 2.05) is 24.3 Å². The Balaban J connectivity index is 1.32. The molecule has 1 aromatic rings. The van der Waals surface area contributed by atoms with Crippen LogP contribution >= 0.6 is 0 Å². The zero-order chi connectivity index (χ0) is 20.6. The number of carbonyl (C=O) groups excluding carboxylic acids is 1. The standard InChI is InChI=1S/C22H33N3O3S/c1-14(2)25-29(27,28)13-16-7-4-3-6-15(16)12-23-22(26)24-21-11-17-10-20(21)19-9-5-8-18(17)19/h3-4,6-7,14,17-21,25H,5,8-13H2,1-2H3,(H2,23,24,26)/t17-,18+,19+,20+,21-/m1/s1. The molecule has 3 N–H and O–H groups in total. The first-order valence-electron chi connectivity index (χ1n) is 10.9. The van der Waals surface area contributed by atoms with E-state index in [0.29, 0.717) is 18.5 Å². The van der Waals surface area contributed by atoms with Crippen LogP contribution in [0.3, 0.4) is 0 Å². The molecule has 0 spiro atoms. The molecule has 3 saturated carbocycles. The number of fused-ring (bicyclic) bond motifs is 5. The van der Waals surface area contributed by atoms with E-state index in [1.54, 1.807) is 13.8 Å². The second-order valence-electron chi connectivity index (χ2n) is 9.39. The molecule has 5 atom stereocenters. The number of amides is 2. The van der Waals surface area contributed by atoms with Crippen LogP contribution in [0, 0.1) is 23.7 Å². The molecule has 0 aliphatic heterocycles. The smallest absolute Gasteiger partial charge is 0.315 e. The quantitative estimate of drug-likeness (QED) is 0.634. The van der Waals surface area contributed by atoms with E-state index in [0.717, 1.165) is 35.3 Å². The van der Waals surface area contributed by atoms with E-state index in [4.69, 9.17) is 0 Å². The number of sulfonamides is 1. The third-order valence-electron chi connectivity index (χ3n) is 7.06.